The van der Waals surface area contributed by atoms with Crippen molar-refractivity contribution in [1.82, 2.24) is 0 Å². The number of rotatable bonds is 6. The quantitative estimate of drug-likeness (QED) is 0.734. The van der Waals surface area contributed by atoms with E-state index in [4.69, 9.17) is 0 Å². The molecule has 0 N–H and O–H groups in total. The molecule has 3 unspecified atom stereocenters. The summed E-state index contributed by atoms with van der Waals surface area (Å²) in [6.45, 7) is 1.66. The van der Waals surface area contributed by atoms with Crippen molar-refractivity contribution in [1.29, 1.82) is 0 Å². The summed E-state index contributed by atoms with van der Waals surface area (Å²) in [4.78, 5) is 12.0. The second kappa shape index (κ2) is 5.09. The Hall–Kier alpha value is -0.380. The smallest absolute Gasteiger partial charge is 0.150 e. The highest BCUT2D eigenvalue weighted by Gasteiger charge is 2.42. The molecule has 0 spiro atoms. The Morgan fingerprint density at radius 2 is 2.00 bits per heavy atom. The van der Waals surface area contributed by atoms with Crippen LogP contribution in [0.5, 0.6) is 0 Å². The van der Waals surface area contributed by atoms with E-state index in [1.807, 2.05) is 0 Å². The fourth-order valence-electron chi connectivity index (χ4n) is 3.44. The lowest BCUT2D eigenvalue weighted by Crippen LogP contribution is -2.21. The summed E-state index contributed by atoms with van der Waals surface area (Å²) in [5, 5.41) is 0. The third-order valence-electron chi connectivity index (χ3n) is 4.47. The lowest BCUT2D eigenvalue weighted by atomic mass is 9.84. The van der Waals surface area contributed by atoms with Crippen LogP contribution in [0.3, 0.4) is 0 Å². The molecule has 2 saturated carbocycles. The maximum atomic E-state index is 12.0. The van der Waals surface area contributed by atoms with E-state index in [1.165, 1.54) is 19.3 Å². The molecule has 0 aromatic heterocycles. The van der Waals surface area contributed by atoms with Gasteiger partial charge >= 0.3 is 0 Å². The van der Waals surface area contributed by atoms with Crippen molar-refractivity contribution in [3.8, 4) is 0 Å². The topological polar surface area (TPSA) is 51.2 Å². The molecule has 2 fully saturated rings. The third-order valence-corrected chi connectivity index (χ3v) is 6.26. The van der Waals surface area contributed by atoms with Crippen LogP contribution in [0, 0.1) is 17.8 Å². The molecule has 3 nitrogen and oxygen atoms in total. The molecule has 0 aliphatic heterocycles. The molecule has 2 rings (SSSR count). The fraction of sp³-hybridized carbons (Fsp3) is 0.923. The maximum absolute atomic E-state index is 12.0. The highest BCUT2D eigenvalue weighted by Crippen LogP contribution is 2.48. The molecule has 0 amide bonds. The monoisotopic (exact) mass is 258 g/mol. The fourth-order valence-corrected chi connectivity index (χ4v) is 4.31. The first-order chi connectivity index (χ1) is 8.02. The highest BCUT2D eigenvalue weighted by atomic mass is 32.2. The van der Waals surface area contributed by atoms with Crippen LogP contribution in [0.4, 0.5) is 0 Å². The molecule has 3 atom stereocenters. The van der Waals surface area contributed by atoms with Gasteiger partial charge in [-0.05, 0) is 37.5 Å². The highest BCUT2D eigenvalue weighted by molar-refractivity contribution is 7.91. The van der Waals surface area contributed by atoms with Crippen LogP contribution in [-0.2, 0) is 14.6 Å². The normalized spacial score (nSPS) is 31.9. The Labute approximate surface area is 104 Å². The first-order valence-electron chi connectivity index (χ1n) is 6.75. The van der Waals surface area contributed by atoms with Crippen LogP contribution in [0.2, 0.25) is 0 Å². The zero-order chi connectivity index (χ0) is 12.5. The number of hydrogen-bond donors (Lipinski definition) is 0. The van der Waals surface area contributed by atoms with Gasteiger partial charge in [-0.25, -0.2) is 8.42 Å². The molecule has 0 aromatic rings. The van der Waals surface area contributed by atoms with E-state index >= 15 is 0 Å². The lowest BCUT2D eigenvalue weighted by molar-refractivity contribution is -0.124. The van der Waals surface area contributed by atoms with E-state index in [1.54, 1.807) is 6.92 Å². The molecule has 0 heterocycles. The molecule has 98 valence electrons. The van der Waals surface area contributed by atoms with E-state index in [0.29, 0.717) is 24.5 Å². The van der Waals surface area contributed by atoms with Crippen LogP contribution in [0.1, 0.15) is 45.4 Å². The van der Waals surface area contributed by atoms with Crippen molar-refractivity contribution in [3.05, 3.63) is 0 Å². The minimum absolute atomic E-state index is 0.177. The van der Waals surface area contributed by atoms with Crippen LogP contribution in [0.15, 0.2) is 0 Å². The summed E-state index contributed by atoms with van der Waals surface area (Å²) in [6.07, 6.45) is 5.82. The van der Waals surface area contributed by atoms with Crippen molar-refractivity contribution in [2.75, 3.05) is 11.5 Å². The molecule has 17 heavy (non-hydrogen) atoms. The minimum Gasteiger partial charge on any atom is -0.299 e. The number of Topliss-reactive ketones (excluding diaryl/α,β-unsaturated/α-hetero) is 1. The number of ketones is 1. The van der Waals surface area contributed by atoms with Gasteiger partial charge in [0, 0.05) is 18.1 Å². The van der Waals surface area contributed by atoms with Gasteiger partial charge in [-0.3, -0.25) is 4.79 Å². The van der Waals surface area contributed by atoms with E-state index in [0.717, 1.165) is 12.3 Å². The van der Waals surface area contributed by atoms with Crippen molar-refractivity contribution < 1.29 is 13.2 Å². The predicted octanol–water partition coefficient (Wildman–Crippen LogP) is 2.21. The maximum Gasteiger partial charge on any atom is 0.150 e. The van der Waals surface area contributed by atoms with Gasteiger partial charge in [0.05, 0.1) is 5.75 Å². The number of hydrogen-bond acceptors (Lipinski definition) is 3. The SMILES string of the molecule is CCS(=O)(=O)CCCC(=O)C1CC2CCC1C2. The standard InChI is InChI=1S/C13H22O3S/c1-2-17(15,16)7-3-4-13(14)12-9-10-5-6-11(12)8-10/h10-12H,2-9H2,1H3. The molecular weight excluding hydrogens is 236 g/mol. The van der Waals surface area contributed by atoms with Gasteiger partial charge in [0.1, 0.15) is 15.6 Å². The number of sulfone groups is 1. The van der Waals surface area contributed by atoms with Gasteiger partial charge in [0.2, 0.25) is 0 Å². The van der Waals surface area contributed by atoms with Gasteiger partial charge in [0.15, 0.2) is 0 Å². The van der Waals surface area contributed by atoms with E-state index in [2.05, 4.69) is 0 Å². The summed E-state index contributed by atoms with van der Waals surface area (Å²) < 4.78 is 22.6. The molecule has 0 radical (unpaired) electrons. The zero-order valence-corrected chi connectivity index (χ0v) is 11.3. The van der Waals surface area contributed by atoms with Crippen molar-refractivity contribution in [2.24, 2.45) is 17.8 Å². The average Bonchev–Trinajstić information content (AvgIpc) is 2.90. The van der Waals surface area contributed by atoms with E-state index in [-0.39, 0.29) is 17.4 Å². The molecule has 4 heteroatoms. The largest absolute Gasteiger partial charge is 0.299 e. The number of fused-ring (bicyclic) bond motifs is 2. The Morgan fingerprint density at radius 3 is 2.53 bits per heavy atom. The zero-order valence-electron chi connectivity index (χ0n) is 10.5. The van der Waals surface area contributed by atoms with Crippen LogP contribution < -0.4 is 0 Å². The Kier molecular flexibility index (Phi) is 3.91. The van der Waals surface area contributed by atoms with Crippen LogP contribution >= 0.6 is 0 Å². The van der Waals surface area contributed by atoms with Gasteiger partial charge in [-0.1, -0.05) is 13.3 Å². The van der Waals surface area contributed by atoms with E-state index in [9.17, 15) is 13.2 Å². The second-order valence-electron chi connectivity index (χ2n) is 5.59. The van der Waals surface area contributed by atoms with Crippen molar-refractivity contribution in [2.45, 2.75) is 45.4 Å². The Balaban J connectivity index is 1.75. The Morgan fingerprint density at radius 1 is 1.24 bits per heavy atom. The molecule has 0 aromatic carbocycles. The van der Waals surface area contributed by atoms with Crippen LogP contribution in [0.25, 0.3) is 0 Å². The Bertz CT molecular complexity index is 385. The molecule has 0 saturated heterocycles. The van der Waals surface area contributed by atoms with Crippen molar-refractivity contribution >= 4 is 15.6 Å². The minimum atomic E-state index is -2.90. The lowest BCUT2D eigenvalue weighted by Gasteiger charge is -2.20. The van der Waals surface area contributed by atoms with Gasteiger partial charge in [-0.15, -0.1) is 0 Å². The predicted molar refractivity (Wildman–Crippen MR) is 67.5 cm³/mol. The molecular formula is C13H22O3S. The first-order valence-corrected chi connectivity index (χ1v) is 8.57. The van der Waals surface area contributed by atoms with Crippen molar-refractivity contribution in [3.63, 3.8) is 0 Å². The summed E-state index contributed by atoms with van der Waals surface area (Å²) in [5.41, 5.74) is 0. The summed E-state index contributed by atoms with van der Waals surface area (Å²) in [6, 6.07) is 0. The number of carbonyl (C=O) groups excluding carboxylic acids is 1. The average molecular weight is 258 g/mol. The summed E-state index contributed by atoms with van der Waals surface area (Å²) in [7, 11) is -2.90. The third kappa shape index (κ3) is 3.09. The van der Waals surface area contributed by atoms with Crippen LogP contribution in [-0.4, -0.2) is 25.7 Å². The summed E-state index contributed by atoms with van der Waals surface area (Å²) in [5.74, 6) is 2.36. The summed E-state index contributed by atoms with van der Waals surface area (Å²) >= 11 is 0. The first kappa shape index (κ1) is 13.1. The van der Waals surface area contributed by atoms with Gasteiger partial charge in [-0.2, -0.15) is 0 Å². The second-order valence-corrected chi connectivity index (χ2v) is 8.06. The molecule has 2 aliphatic rings. The molecule has 2 aliphatic carbocycles. The number of carbonyl (C=O) groups is 1. The van der Waals surface area contributed by atoms with Gasteiger partial charge < -0.3 is 0 Å². The van der Waals surface area contributed by atoms with E-state index < -0.39 is 9.84 Å². The molecule has 2 bridgehead atoms. The van der Waals surface area contributed by atoms with Gasteiger partial charge in [0.25, 0.3) is 0 Å².